The van der Waals surface area contributed by atoms with Crippen LogP contribution in [0.2, 0.25) is 0 Å². The molecule has 1 fully saturated rings. The lowest BCUT2D eigenvalue weighted by Crippen LogP contribution is -2.52. The predicted octanol–water partition coefficient (Wildman–Crippen LogP) is 2.82. The maximum absolute atomic E-state index is 11.7. The zero-order valence-electron chi connectivity index (χ0n) is 11.5. The Balaban J connectivity index is 2.22. The van der Waals surface area contributed by atoms with E-state index in [0.717, 1.165) is 17.7 Å². The van der Waals surface area contributed by atoms with Crippen molar-refractivity contribution in [1.29, 1.82) is 0 Å². The number of carbonyl (C=O) groups is 1. The van der Waals surface area contributed by atoms with Gasteiger partial charge >= 0.3 is 5.97 Å². The van der Waals surface area contributed by atoms with E-state index in [0.29, 0.717) is 19.4 Å². The van der Waals surface area contributed by atoms with Crippen LogP contribution in [0.5, 0.6) is 0 Å². The summed E-state index contributed by atoms with van der Waals surface area (Å²) >= 11 is 0. The first-order chi connectivity index (χ1) is 9.05. The summed E-state index contributed by atoms with van der Waals surface area (Å²) in [4.78, 5) is 11.7. The van der Waals surface area contributed by atoms with Crippen LogP contribution < -0.4 is 5.32 Å². The van der Waals surface area contributed by atoms with Crippen LogP contribution in [0.1, 0.15) is 31.7 Å². The molecule has 0 aliphatic carbocycles. The lowest BCUT2D eigenvalue weighted by atomic mass is 9.85. The summed E-state index contributed by atoms with van der Waals surface area (Å²) in [6.45, 7) is 4.51. The van der Waals surface area contributed by atoms with E-state index in [-0.39, 0.29) is 6.10 Å². The Morgan fingerprint density at radius 2 is 2.37 bits per heavy atom. The van der Waals surface area contributed by atoms with Crippen molar-refractivity contribution in [2.45, 2.75) is 44.8 Å². The highest BCUT2D eigenvalue weighted by Crippen LogP contribution is 2.31. The molecule has 0 saturated carbocycles. The molecule has 104 valence electrons. The number of benzene rings is 1. The van der Waals surface area contributed by atoms with E-state index in [1.807, 2.05) is 38.1 Å². The molecule has 1 saturated heterocycles. The molecule has 1 aromatic rings. The minimum absolute atomic E-state index is 0.0159. The van der Waals surface area contributed by atoms with Crippen LogP contribution in [0.3, 0.4) is 0 Å². The zero-order valence-corrected chi connectivity index (χ0v) is 11.5. The van der Waals surface area contributed by atoms with E-state index in [1.165, 1.54) is 0 Å². The largest absolute Gasteiger partial charge is 0.480 e. The Kier molecular flexibility index (Phi) is 4.10. The Hall–Kier alpha value is -1.55. The third-order valence-corrected chi connectivity index (χ3v) is 3.72. The summed E-state index contributed by atoms with van der Waals surface area (Å²) in [5.41, 5.74) is 1.07. The topological polar surface area (TPSA) is 58.6 Å². The first-order valence-electron chi connectivity index (χ1n) is 6.75. The van der Waals surface area contributed by atoms with Gasteiger partial charge in [-0.15, -0.1) is 0 Å². The van der Waals surface area contributed by atoms with E-state index >= 15 is 0 Å². The van der Waals surface area contributed by atoms with Gasteiger partial charge in [0.15, 0.2) is 0 Å². The normalized spacial score (nSPS) is 26.9. The molecule has 4 heteroatoms. The number of aryl methyl sites for hydroxylation is 1. The van der Waals surface area contributed by atoms with Gasteiger partial charge in [0.1, 0.15) is 5.54 Å². The van der Waals surface area contributed by atoms with E-state index < -0.39 is 11.5 Å². The first-order valence-corrected chi connectivity index (χ1v) is 6.75. The summed E-state index contributed by atoms with van der Waals surface area (Å²) in [7, 11) is 0. The molecular formula is C15H21NO3. The number of rotatable bonds is 4. The van der Waals surface area contributed by atoms with Gasteiger partial charge < -0.3 is 15.2 Å². The van der Waals surface area contributed by atoms with Crippen LogP contribution >= 0.6 is 0 Å². The highest BCUT2D eigenvalue weighted by atomic mass is 16.5. The van der Waals surface area contributed by atoms with E-state index in [2.05, 4.69) is 5.32 Å². The first kappa shape index (κ1) is 13.9. The lowest BCUT2D eigenvalue weighted by Gasteiger charge is -2.38. The predicted molar refractivity (Wildman–Crippen MR) is 74.4 cm³/mol. The smallest absolute Gasteiger partial charge is 0.329 e. The second-order valence-electron chi connectivity index (χ2n) is 5.24. The number of ether oxygens (including phenoxy) is 1. The lowest BCUT2D eigenvalue weighted by molar-refractivity contribution is -0.148. The molecule has 0 aromatic heterocycles. The summed E-state index contributed by atoms with van der Waals surface area (Å²) in [5.74, 6) is -0.796. The summed E-state index contributed by atoms with van der Waals surface area (Å²) < 4.78 is 5.59. The van der Waals surface area contributed by atoms with E-state index in [4.69, 9.17) is 4.74 Å². The number of hydrogen-bond acceptors (Lipinski definition) is 3. The van der Waals surface area contributed by atoms with Gasteiger partial charge in [-0.05, 0) is 31.0 Å². The monoisotopic (exact) mass is 263 g/mol. The van der Waals surface area contributed by atoms with Gasteiger partial charge in [0.05, 0.1) is 6.10 Å². The third kappa shape index (κ3) is 3.07. The molecule has 2 N–H and O–H groups in total. The van der Waals surface area contributed by atoms with Crippen molar-refractivity contribution in [2.24, 2.45) is 0 Å². The van der Waals surface area contributed by atoms with Crippen LogP contribution in [0.25, 0.3) is 0 Å². The highest BCUT2D eigenvalue weighted by molar-refractivity contribution is 5.83. The van der Waals surface area contributed by atoms with Crippen LogP contribution in [0.4, 0.5) is 5.69 Å². The number of nitrogens with one attached hydrogen (secondary N) is 1. The molecule has 1 aliphatic heterocycles. The van der Waals surface area contributed by atoms with Crippen molar-refractivity contribution < 1.29 is 14.6 Å². The third-order valence-electron chi connectivity index (χ3n) is 3.72. The van der Waals surface area contributed by atoms with Gasteiger partial charge in [0.25, 0.3) is 0 Å². The van der Waals surface area contributed by atoms with Gasteiger partial charge in [-0.1, -0.05) is 19.1 Å². The minimum atomic E-state index is -0.910. The van der Waals surface area contributed by atoms with Crippen molar-refractivity contribution in [3.63, 3.8) is 0 Å². The van der Waals surface area contributed by atoms with E-state index in [1.54, 1.807) is 0 Å². The molecule has 1 aromatic carbocycles. The molecule has 4 nitrogen and oxygen atoms in total. The molecule has 0 radical (unpaired) electrons. The molecular weight excluding hydrogens is 242 g/mol. The Morgan fingerprint density at radius 3 is 3.00 bits per heavy atom. The average molecular weight is 263 g/mol. The van der Waals surface area contributed by atoms with Gasteiger partial charge in [-0.2, -0.15) is 0 Å². The Morgan fingerprint density at radius 1 is 1.58 bits per heavy atom. The molecule has 0 spiro atoms. The SMILES string of the molecule is CCC1CC(Nc2cccc(C)c2)(C(=O)O)CCO1. The fraction of sp³-hybridized carbons (Fsp3) is 0.533. The number of carboxylic acid groups (broad SMARTS) is 1. The van der Waals surface area contributed by atoms with E-state index in [9.17, 15) is 9.90 Å². The maximum Gasteiger partial charge on any atom is 0.329 e. The molecule has 1 heterocycles. The fourth-order valence-electron chi connectivity index (χ4n) is 2.57. The van der Waals surface area contributed by atoms with Gasteiger partial charge in [0.2, 0.25) is 0 Å². The van der Waals surface area contributed by atoms with Crippen LogP contribution in [-0.4, -0.2) is 29.3 Å². The van der Waals surface area contributed by atoms with Crippen molar-refractivity contribution in [1.82, 2.24) is 0 Å². The second-order valence-corrected chi connectivity index (χ2v) is 5.24. The number of aliphatic carboxylic acids is 1. The maximum atomic E-state index is 11.7. The van der Waals surface area contributed by atoms with Gasteiger partial charge in [0, 0.05) is 25.1 Å². The average Bonchev–Trinajstić information content (AvgIpc) is 2.38. The zero-order chi connectivity index (χ0) is 13.9. The second kappa shape index (κ2) is 5.61. The Bertz CT molecular complexity index is 460. The van der Waals surface area contributed by atoms with Crippen molar-refractivity contribution in [2.75, 3.05) is 11.9 Å². The number of carboxylic acids is 1. The molecule has 2 atom stereocenters. The molecule has 0 amide bonds. The molecule has 1 aliphatic rings. The standard InChI is InChI=1S/C15H21NO3/c1-3-13-10-15(14(17)18,7-8-19-13)16-12-6-4-5-11(2)9-12/h4-6,9,13,16H,3,7-8,10H2,1-2H3,(H,17,18). The van der Waals surface area contributed by atoms with Gasteiger partial charge in [-0.25, -0.2) is 4.79 Å². The highest BCUT2D eigenvalue weighted by Gasteiger charge is 2.43. The van der Waals surface area contributed by atoms with Crippen LogP contribution in [0, 0.1) is 6.92 Å². The summed E-state index contributed by atoms with van der Waals surface area (Å²) in [6.07, 6.45) is 1.85. The summed E-state index contributed by atoms with van der Waals surface area (Å²) in [6, 6.07) is 7.82. The van der Waals surface area contributed by atoms with Crippen molar-refractivity contribution >= 4 is 11.7 Å². The molecule has 2 unspecified atom stereocenters. The van der Waals surface area contributed by atoms with Crippen LogP contribution in [0.15, 0.2) is 24.3 Å². The molecule has 19 heavy (non-hydrogen) atoms. The fourth-order valence-corrected chi connectivity index (χ4v) is 2.57. The molecule has 2 rings (SSSR count). The van der Waals surface area contributed by atoms with Crippen LogP contribution in [-0.2, 0) is 9.53 Å². The molecule has 0 bridgehead atoms. The minimum Gasteiger partial charge on any atom is -0.480 e. The number of hydrogen-bond donors (Lipinski definition) is 2. The van der Waals surface area contributed by atoms with Crippen molar-refractivity contribution in [3.05, 3.63) is 29.8 Å². The van der Waals surface area contributed by atoms with Gasteiger partial charge in [-0.3, -0.25) is 0 Å². The Labute approximate surface area is 113 Å². The number of anilines is 1. The summed E-state index contributed by atoms with van der Waals surface area (Å²) in [5, 5.41) is 12.8. The van der Waals surface area contributed by atoms with Crippen molar-refractivity contribution in [3.8, 4) is 0 Å². The quantitative estimate of drug-likeness (QED) is 0.877.